The third kappa shape index (κ3) is 4.66. The van der Waals surface area contributed by atoms with Gasteiger partial charge in [-0.25, -0.2) is 9.97 Å². The van der Waals surface area contributed by atoms with Gasteiger partial charge >= 0.3 is 0 Å². The van der Waals surface area contributed by atoms with E-state index in [-0.39, 0.29) is 11.4 Å². The van der Waals surface area contributed by atoms with Crippen molar-refractivity contribution in [2.75, 3.05) is 10.6 Å². The molecule has 0 unspecified atom stereocenters. The number of nitrogens with one attached hydrogen (secondary N) is 2. The molecule has 0 saturated carbocycles. The zero-order chi connectivity index (χ0) is 17.2. The Bertz CT molecular complexity index is 697. The Hall–Kier alpha value is -2.14. The summed E-state index contributed by atoms with van der Waals surface area (Å²) in [4.78, 5) is 20.7. The van der Waals surface area contributed by atoms with Gasteiger partial charge in [0.2, 0.25) is 5.95 Å². The summed E-state index contributed by atoms with van der Waals surface area (Å²) in [6, 6.07) is 3.78. The number of hydrogen-bond donors (Lipinski definition) is 2. The summed E-state index contributed by atoms with van der Waals surface area (Å²) in [5, 5.41) is 6.48. The Morgan fingerprint density at radius 2 is 1.74 bits per heavy atom. The monoisotopic (exact) mass is 332 g/mol. The van der Waals surface area contributed by atoms with E-state index in [2.05, 4.69) is 20.6 Å². The second kappa shape index (κ2) is 6.54. The topological polar surface area (TPSA) is 66.9 Å². The first-order valence-electron chi connectivity index (χ1n) is 7.34. The molecule has 23 heavy (non-hydrogen) atoms. The molecule has 0 aliphatic heterocycles. The Morgan fingerprint density at radius 1 is 1.13 bits per heavy atom. The van der Waals surface area contributed by atoms with Crippen molar-refractivity contribution in [2.45, 2.75) is 40.2 Å². The molecule has 2 N–H and O–H groups in total. The van der Waals surface area contributed by atoms with E-state index in [4.69, 9.17) is 11.6 Å². The van der Waals surface area contributed by atoms with Crippen LogP contribution in [0.5, 0.6) is 0 Å². The highest BCUT2D eigenvalue weighted by Gasteiger charge is 2.14. The number of hydrogen-bond acceptors (Lipinski definition) is 4. The van der Waals surface area contributed by atoms with Crippen LogP contribution in [0.15, 0.2) is 24.5 Å². The first-order valence-corrected chi connectivity index (χ1v) is 7.72. The highest BCUT2D eigenvalue weighted by molar-refractivity contribution is 6.34. The van der Waals surface area contributed by atoms with Crippen LogP contribution in [0, 0.1) is 13.8 Å². The van der Waals surface area contributed by atoms with E-state index in [0.29, 0.717) is 22.2 Å². The fourth-order valence-corrected chi connectivity index (χ4v) is 2.47. The van der Waals surface area contributed by atoms with Gasteiger partial charge in [-0.2, -0.15) is 0 Å². The molecule has 0 aliphatic rings. The van der Waals surface area contributed by atoms with Gasteiger partial charge in [0.1, 0.15) is 0 Å². The van der Waals surface area contributed by atoms with Crippen molar-refractivity contribution >= 4 is 29.1 Å². The average molecular weight is 333 g/mol. The molecule has 0 radical (unpaired) electrons. The van der Waals surface area contributed by atoms with E-state index in [1.54, 1.807) is 0 Å². The van der Waals surface area contributed by atoms with Crippen LogP contribution in [0.4, 0.5) is 11.6 Å². The Labute approximate surface area is 141 Å². The first-order chi connectivity index (χ1) is 10.7. The number of rotatable bonds is 3. The fraction of sp³-hybridized carbons (Fsp3) is 0.353. The van der Waals surface area contributed by atoms with Crippen LogP contribution in [-0.2, 0) is 0 Å². The zero-order valence-corrected chi connectivity index (χ0v) is 14.7. The molecular weight excluding hydrogens is 312 g/mol. The maximum absolute atomic E-state index is 12.3. The summed E-state index contributed by atoms with van der Waals surface area (Å²) in [5.74, 6) is 0.194. The van der Waals surface area contributed by atoms with Crippen molar-refractivity contribution in [2.24, 2.45) is 0 Å². The minimum Gasteiger partial charge on any atom is -0.350 e. The predicted octanol–water partition coefficient (Wildman–Crippen LogP) is 4.21. The molecule has 1 aromatic heterocycles. The highest BCUT2D eigenvalue weighted by atomic mass is 35.5. The van der Waals surface area contributed by atoms with Gasteiger partial charge in [-0.3, -0.25) is 4.79 Å². The Balaban J connectivity index is 2.16. The van der Waals surface area contributed by atoms with Gasteiger partial charge in [0.15, 0.2) is 0 Å². The second-order valence-electron chi connectivity index (χ2n) is 6.56. The van der Waals surface area contributed by atoms with Crippen molar-refractivity contribution in [3.8, 4) is 0 Å². The number of aryl methyl sites for hydroxylation is 2. The molecule has 6 heteroatoms. The van der Waals surface area contributed by atoms with E-state index in [0.717, 1.165) is 11.1 Å². The zero-order valence-electron chi connectivity index (χ0n) is 14.0. The van der Waals surface area contributed by atoms with Crippen molar-refractivity contribution in [1.29, 1.82) is 0 Å². The van der Waals surface area contributed by atoms with Crippen molar-refractivity contribution in [3.63, 3.8) is 0 Å². The summed E-state index contributed by atoms with van der Waals surface area (Å²) in [6.45, 7) is 9.90. The van der Waals surface area contributed by atoms with Crippen LogP contribution >= 0.6 is 11.6 Å². The predicted molar refractivity (Wildman–Crippen MR) is 94.3 cm³/mol. The molecule has 0 fully saturated rings. The summed E-state index contributed by atoms with van der Waals surface area (Å²) in [5.41, 5.74) is 2.80. The van der Waals surface area contributed by atoms with Gasteiger partial charge in [0.05, 0.1) is 16.3 Å². The molecule has 0 saturated heterocycles. The quantitative estimate of drug-likeness (QED) is 0.883. The smallest absolute Gasteiger partial charge is 0.258 e. The van der Waals surface area contributed by atoms with E-state index >= 15 is 0 Å². The summed E-state index contributed by atoms with van der Waals surface area (Å²) in [7, 11) is 0. The highest BCUT2D eigenvalue weighted by Crippen LogP contribution is 2.27. The number of amides is 1. The second-order valence-corrected chi connectivity index (χ2v) is 6.97. The number of carbonyl (C=O) groups is 1. The molecule has 5 nitrogen and oxygen atoms in total. The van der Waals surface area contributed by atoms with Crippen molar-refractivity contribution < 1.29 is 4.79 Å². The molecule has 0 spiro atoms. The minimum atomic E-state index is -0.291. The van der Waals surface area contributed by atoms with Crippen LogP contribution in [0.25, 0.3) is 0 Å². The molecular formula is C17H21ClN4O. The van der Waals surface area contributed by atoms with E-state index in [1.165, 1.54) is 12.4 Å². The fourth-order valence-electron chi connectivity index (χ4n) is 2.10. The minimum absolute atomic E-state index is 0.143. The maximum atomic E-state index is 12.3. The van der Waals surface area contributed by atoms with Gasteiger partial charge in [0.25, 0.3) is 5.91 Å². The van der Waals surface area contributed by atoms with Gasteiger partial charge < -0.3 is 10.6 Å². The Morgan fingerprint density at radius 3 is 2.26 bits per heavy atom. The molecule has 1 heterocycles. The lowest BCUT2D eigenvalue weighted by molar-refractivity contribution is 0.102. The normalized spacial score (nSPS) is 11.2. The van der Waals surface area contributed by atoms with Crippen LogP contribution in [0.2, 0.25) is 5.02 Å². The lowest BCUT2D eigenvalue weighted by Crippen LogP contribution is -2.27. The van der Waals surface area contributed by atoms with Gasteiger partial charge in [-0.15, -0.1) is 0 Å². The SMILES string of the molecule is Cc1cc(C)c(NC(=O)c2cnc(NC(C)(C)C)nc2)c(Cl)c1. The van der Waals surface area contributed by atoms with Gasteiger partial charge in [-0.05, 0) is 51.8 Å². The number of nitrogens with zero attached hydrogens (tertiary/aromatic N) is 2. The third-order valence-electron chi connectivity index (χ3n) is 3.07. The Kier molecular flexibility index (Phi) is 4.90. The number of anilines is 2. The molecule has 1 amide bonds. The molecule has 0 bridgehead atoms. The van der Waals surface area contributed by atoms with Crippen LogP contribution < -0.4 is 10.6 Å². The molecule has 0 aliphatic carbocycles. The van der Waals surface area contributed by atoms with E-state index in [1.807, 2.05) is 46.8 Å². The molecule has 1 aromatic carbocycles. The molecule has 0 atom stereocenters. The van der Waals surface area contributed by atoms with Crippen molar-refractivity contribution in [3.05, 3.63) is 46.2 Å². The molecule has 122 valence electrons. The number of carbonyl (C=O) groups excluding carboxylic acids is 1. The number of halogens is 1. The summed E-state index contributed by atoms with van der Waals surface area (Å²) < 4.78 is 0. The lowest BCUT2D eigenvalue weighted by atomic mass is 10.1. The molecule has 2 rings (SSSR count). The van der Waals surface area contributed by atoms with Crippen LogP contribution in [-0.4, -0.2) is 21.4 Å². The first kappa shape index (κ1) is 17.2. The van der Waals surface area contributed by atoms with E-state index in [9.17, 15) is 4.79 Å². The summed E-state index contributed by atoms with van der Waals surface area (Å²) >= 11 is 6.21. The largest absolute Gasteiger partial charge is 0.350 e. The third-order valence-corrected chi connectivity index (χ3v) is 3.37. The van der Waals surface area contributed by atoms with Crippen LogP contribution in [0.1, 0.15) is 42.3 Å². The lowest BCUT2D eigenvalue weighted by Gasteiger charge is -2.20. The number of aromatic nitrogens is 2. The van der Waals surface area contributed by atoms with Gasteiger partial charge in [-0.1, -0.05) is 17.7 Å². The molecule has 2 aromatic rings. The number of benzene rings is 1. The summed E-state index contributed by atoms with van der Waals surface area (Å²) in [6.07, 6.45) is 2.99. The average Bonchev–Trinajstić information content (AvgIpc) is 2.41. The van der Waals surface area contributed by atoms with E-state index < -0.39 is 0 Å². The standard InChI is InChI=1S/C17H21ClN4O/c1-10-6-11(2)14(13(18)7-10)21-15(23)12-8-19-16(20-9-12)22-17(3,4)5/h6-9H,1-5H3,(H,21,23)(H,19,20,22). The maximum Gasteiger partial charge on any atom is 0.258 e. The van der Waals surface area contributed by atoms with Gasteiger partial charge in [0, 0.05) is 17.9 Å². The van der Waals surface area contributed by atoms with Crippen molar-refractivity contribution in [1.82, 2.24) is 9.97 Å². The van der Waals surface area contributed by atoms with Crippen LogP contribution in [0.3, 0.4) is 0 Å².